The molecule has 1 heterocycles. The lowest BCUT2D eigenvalue weighted by molar-refractivity contribution is 0.0652. The number of carbonyl (C=O) groups is 1. The number of nitrogens with zero attached hydrogens (tertiary/aromatic N) is 1. The zero-order valence-corrected chi connectivity index (χ0v) is 13.0. The molecule has 1 amide bonds. The first-order valence-corrected chi connectivity index (χ1v) is 7.45. The topological polar surface area (TPSA) is 50.8 Å². The first kappa shape index (κ1) is 15.6. The predicted molar refractivity (Wildman–Crippen MR) is 82.1 cm³/mol. The second kappa shape index (κ2) is 7.31. The van der Waals surface area contributed by atoms with Crippen LogP contribution in [0.4, 0.5) is 0 Å². The second-order valence-corrected chi connectivity index (χ2v) is 5.14. The molecule has 1 aliphatic rings. The van der Waals surface area contributed by atoms with Crippen LogP contribution < -0.4 is 14.8 Å². The Kier molecular flexibility index (Phi) is 5.44. The van der Waals surface area contributed by atoms with E-state index in [0.717, 1.165) is 25.9 Å². The van der Waals surface area contributed by atoms with Gasteiger partial charge in [-0.1, -0.05) is 0 Å². The highest BCUT2D eigenvalue weighted by atomic mass is 16.5. The Morgan fingerprint density at radius 1 is 1.29 bits per heavy atom. The molecule has 0 atom stereocenters. The SMILES string of the molecule is CCN(C(=O)c1ccc(OC)cc1OC)C1CCNCC1. The summed E-state index contributed by atoms with van der Waals surface area (Å²) in [5.41, 5.74) is 0.596. The van der Waals surface area contributed by atoms with Gasteiger partial charge in [0.15, 0.2) is 0 Å². The minimum Gasteiger partial charge on any atom is -0.497 e. The maximum atomic E-state index is 12.8. The Bertz CT molecular complexity index is 484. The highest BCUT2D eigenvalue weighted by Gasteiger charge is 2.26. The highest BCUT2D eigenvalue weighted by Crippen LogP contribution is 2.27. The molecule has 0 spiro atoms. The summed E-state index contributed by atoms with van der Waals surface area (Å²) in [6, 6.07) is 5.63. The molecular formula is C16H24N2O3. The standard InChI is InChI=1S/C16H24N2O3/c1-4-18(12-7-9-17-10-8-12)16(19)14-6-5-13(20-2)11-15(14)21-3/h5-6,11-12,17H,4,7-10H2,1-3H3. The normalized spacial score (nSPS) is 15.6. The van der Waals surface area contributed by atoms with Gasteiger partial charge in [0.05, 0.1) is 19.8 Å². The van der Waals surface area contributed by atoms with Gasteiger partial charge in [-0.3, -0.25) is 4.79 Å². The second-order valence-electron chi connectivity index (χ2n) is 5.14. The molecule has 1 N–H and O–H groups in total. The van der Waals surface area contributed by atoms with Crippen molar-refractivity contribution < 1.29 is 14.3 Å². The van der Waals surface area contributed by atoms with Crippen LogP contribution in [0.25, 0.3) is 0 Å². The number of nitrogens with one attached hydrogen (secondary N) is 1. The molecule has 0 saturated carbocycles. The van der Waals surface area contributed by atoms with Crippen molar-refractivity contribution in [2.75, 3.05) is 33.9 Å². The van der Waals surface area contributed by atoms with E-state index in [4.69, 9.17) is 9.47 Å². The Morgan fingerprint density at radius 2 is 2.00 bits per heavy atom. The van der Waals surface area contributed by atoms with Crippen LogP contribution in [-0.4, -0.2) is 50.7 Å². The summed E-state index contributed by atoms with van der Waals surface area (Å²) in [6.45, 7) is 4.66. The number of rotatable bonds is 5. The van der Waals surface area contributed by atoms with Gasteiger partial charge in [0.2, 0.25) is 0 Å². The van der Waals surface area contributed by atoms with Crippen molar-refractivity contribution in [3.8, 4) is 11.5 Å². The number of hydrogen-bond acceptors (Lipinski definition) is 4. The lowest BCUT2D eigenvalue weighted by Gasteiger charge is -2.34. The molecule has 5 heteroatoms. The van der Waals surface area contributed by atoms with E-state index in [1.807, 2.05) is 11.8 Å². The zero-order chi connectivity index (χ0) is 15.2. The number of carbonyl (C=O) groups excluding carboxylic acids is 1. The monoisotopic (exact) mass is 292 g/mol. The van der Waals surface area contributed by atoms with Crippen LogP contribution in [0.5, 0.6) is 11.5 Å². The summed E-state index contributed by atoms with van der Waals surface area (Å²) in [5, 5.41) is 3.33. The van der Waals surface area contributed by atoms with Crippen LogP contribution in [0.15, 0.2) is 18.2 Å². The smallest absolute Gasteiger partial charge is 0.257 e. The highest BCUT2D eigenvalue weighted by molar-refractivity contribution is 5.97. The van der Waals surface area contributed by atoms with E-state index in [0.29, 0.717) is 29.6 Å². The summed E-state index contributed by atoms with van der Waals surface area (Å²) >= 11 is 0. The molecule has 0 bridgehead atoms. The number of methoxy groups -OCH3 is 2. The third-order valence-corrected chi connectivity index (χ3v) is 3.99. The summed E-state index contributed by atoms with van der Waals surface area (Å²) in [7, 11) is 3.18. The van der Waals surface area contributed by atoms with Crippen molar-refractivity contribution in [1.82, 2.24) is 10.2 Å². The molecule has 116 valence electrons. The van der Waals surface area contributed by atoms with Gasteiger partial charge in [-0.2, -0.15) is 0 Å². The summed E-state index contributed by atoms with van der Waals surface area (Å²) < 4.78 is 10.5. The van der Waals surface area contributed by atoms with E-state index in [1.54, 1.807) is 32.4 Å². The van der Waals surface area contributed by atoms with Gasteiger partial charge in [-0.15, -0.1) is 0 Å². The first-order valence-electron chi connectivity index (χ1n) is 7.45. The van der Waals surface area contributed by atoms with E-state index in [2.05, 4.69) is 5.32 Å². The predicted octanol–water partition coefficient (Wildman–Crippen LogP) is 1.92. The molecule has 0 aliphatic carbocycles. The lowest BCUT2D eigenvalue weighted by atomic mass is 10.0. The number of hydrogen-bond donors (Lipinski definition) is 1. The number of amides is 1. The maximum absolute atomic E-state index is 12.8. The van der Waals surface area contributed by atoms with Gasteiger partial charge in [-0.25, -0.2) is 0 Å². The van der Waals surface area contributed by atoms with Crippen molar-refractivity contribution >= 4 is 5.91 Å². The molecule has 21 heavy (non-hydrogen) atoms. The van der Waals surface area contributed by atoms with E-state index < -0.39 is 0 Å². The number of benzene rings is 1. The van der Waals surface area contributed by atoms with Crippen molar-refractivity contribution in [3.63, 3.8) is 0 Å². The molecule has 5 nitrogen and oxygen atoms in total. The van der Waals surface area contributed by atoms with Gasteiger partial charge in [0, 0.05) is 18.7 Å². The Morgan fingerprint density at radius 3 is 2.57 bits per heavy atom. The van der Waals surface area contributed by atoms with Crippen molar-refractivity contribution in [3.05, 3.63) is 23.8 Å². The molecule has 1 aliphatic heterocycles. The fourth-order valence-electron chi connectivity index (χ4n) is 2.82. The van der Waals surface area contributed by atoms with E-state index in [-0.39, 0.29) is 5.91 Å². The third-order valence-electron chi connectivity index (χ3n) is 3.99. The Hall–Kier alpha value is -1.75. The van der Waals surface area contributed by atoms with E-state index >= 15 is 0 Å². The van der Waals surface area contributed by atoms with Gasteiger partial charge in [0.1, 0.15) is 11.5 Å². The summed E-state index contributed by atoms with van der Waals surface area (Å²) in [4.78, 5) is 14.8. The van der Waals surface area contributed by atoms with Crippen molar-refractivity contribution in [2.24, 2.45) is 0 Å². The molecule has 1 saturated heterocycles. The number of ether oxygens (including phenoxy) is 2. The Balaban J connectivity index is 2.24. The van der Waals surface area contributed by atoms with Gasteiger partial charge in [0.25, 0.3) is 5.91 Å². The third kappa shape index (κ3) is 3.47. The molecule has 1 aromatic rings. The minimum absolute atomic E-state index is 0.0314. The molecule has 0 aromatic heterocycles. The van der Waals surface area contributed by atoms with Crippen LogP contribution in [0, 0.1) is 0 Å². The van der Waals surface area contributed by atoms with Crippen LogP contribution in [0.1, 0.15) is 30.1 Å². The molecule has 2 rings (SSSR count). The van der Waals surface area contributed by atoms with Crippen molar-refractivity contribution in [1.29, 1.82) is 0 Å². The van der Waals surface area contributed by atoms with Gasteiger partial charge in [-0.05, 0) is 45.0 Å². The van der Waals surface area contributed by atoms with Gasteiger partial charge >= 0.3 is 0 Å². The summed E-state index contributed by atoms with van der Waals surface area (Å²) in [6.07, 6.45) is 2.00. The quantitative estimate of drug-likeness (QED) is 0.901. The summed E-state index contributed by atoms with van der Waals surface area (Å²) in [5.74, 6) is 1.28. The average Bonchev–Trinajstić information content (AvgIpc) is 2.55. The lowest BCUT2D eigenvalue weighted by Crippen LogP contribution is -2.46. The molecular weight excluding hydrogens is 268 g/mol. The van der Waals surface area contributed by atoms with E-state index in [9.17, 15) is 4.79 Å². The fraction of sp³-hybridized carbons (Fsp3) is 0.562. The Labute approximate surface area is 126 Å². The van der Waals surface area contributed by atoms with E-state index in [1.165, 1.54) is 0 Å². The minimum atomic E-state index is 0.0314. The largest absolute Gasteiger partial charge is 0.497 e. The van der Waals surface area contributed by atoms with Crippen LogP contribution in [0.3, 0.4) is 0 Å². The maximum Gasteiger partial charge on any atom is 0.257 e. The van der Waals surface area contributed by atoms with Crippen LogP contribution in [0.2, 0.25) is 0 Å². The fourth-order valence-corrected chi connectivity index (χ4v) is 2.82. The molecule has 0 unspecified atom stereocenters. The van der Waals surface area contributed by atoms with Crippen LogP contribution >= 0.6 is 0 Å². The number of piperidine rings is 1. The zero-order valence-electron chi connectivity index (χ0n) is 13.0. The molecule has 1 aromatic carbocycles. The molecule has 1 fully saturated rings. The van der Waals surface area contributed by atoms with Gasteiger partial charge < -0.3 is 19.7 Å². The molecule has 0 radical (unpaired) electrons. The first-order chi connectivity index (χ1) is 10.2. The van der Waals surface area contributed by atoms with Crippen molar-refractivity contribution in [2.45, 2.75) is 25.8 Å². The average molecular weight is 292 g/mol. The van der Waals surface area contributed by atoms with Crippen LogP contribution in [-0.2, 0) is 0 Å².